The molecular formula is C13H14Cl2N2O3S. The first kappa shape index (κ1) is 16.3. The second-order valence-electron chi connectivity index (χ2n) is 4.53. The van der Waals surface area contributed by atoms with Crippen LogP contribution in [0, 0.1) is 0 Å². The van der Waals surface area contributed by atoms with E-state index in [4.69, 9.17) is 23.2 Å². The van der Waals surface area contributed by atoms with E-state index in [-0.39, 0.29) is 19.0 Å². The molecule has 114 valence electrons. The Balaban J connectivity index is 2.06. The molecule has 1 aromatic rings. The minimum Gasteiger partial charge on any atom is -0.336 e. The number of carbonyl (C=O) groups is 1. The van der Waals surface area contributed by atoms with E-state index in [1.165, 1.54) is 10.4 Å². The maximum Gasteiger partial charge on any atom is 0.253 e. The molecule has 0 saturated carbocycles. The van der Waals surface area contributed by atoms with E-state index >= 15 is 0 Å². The SMILES string of the molecule is C=CS(=O)(=O)N1CCN(C(=O)c2ccc(Cl)c(Cl)c2)CC1. The van der Waals surface area contributed by atoms with E-state index < -0.39 is 10.0 Å². The van der Waals surface area contributed by atoms with Crippen molar-refractivity contribution in [2.45, 2.75) is 0 Å². The Bertz CT molecular complexity index is 668. The molecule has 0 aliphatic carbocycles. The van der Waals surface area contributed by atoms with Gasteiger partial charge in [-0.3, -0.25) is 4.79 Å². The van der Waals surface area contributed by atoms with E-state index in [1.54, 1.807) is 17.0 Å². The lowest BCUT2D eigenvalue weighted by Crippen LogP contribution is -2.50. The van der Waals surface area contributed by atoms with Crippen LogP contribution < -0.4 is 0 Å². The molecular weight excluding hydrogens is 335 g/mol. The van der Waals surface area contributed by atoms with Gasteiger partial charge in [-0.1, -0.05) is 29.8 Å². The zero-order valence-corrected chi connectivity index (χ0v) is 13.5. The van der Waals surface area contributed by atoms with Crippen LogP contribution in [-0.2, 0) is 10.0 Å². The van der Waals surface area contributed by atoms with E-state index in [1.807, 2.05) is 0 Å². The Morgan fingerprint density at radius 1 is 1.14 bits per heavy atom. The first-order valence-electron chi connectivity index (χ1n) is 6.22. The highest BCUT2D eigenvalue weighted by Gasteiger charge is 2.27. The van der Waals surface area contributed by atoms with Crippen LogP contribution in [0.4, 0.5) is 0 Å². The Kier molecular flexibility index (Phi) is 4.93. The maximum atomic E-state index is 12.3. The summed E-state index contributed by atoms with van der Waals surface area (Å²) in [5.74, 6) is -0.191. The van der Waals surface area contributed by atoms with Gasteiger partial charge in [0.2, 0.25) is 10.0 Å². The first-order valence-corrected chi connectivity index (χ1v) is 8.48. The number of rotatable bonds is 3. The van der Waals surface area contributed by atoms with Crippen molar-refractivity contribution in [3.05, 3.63) is 45.8 Å². The Morgan fingerprint density at radius 2 is 1.76 bits per heavy atom. The molecule has 21 heavy (non-hydrogen) atoms. The first-order chi connectivity index (χ1) is 9.85. The van der Waals surface area contributed by atoms with Gasteiger partial charge in [-0.25, -0.2) is 8.42 Å². The highest BCUT2D eigenvalue weighted by molar-refractivity contribution is 7.92. The molecule has 1 saturated heterocycles. The summed E-state index contributed by atoms with van der Waals surface area (Å²) in [6.07, 6.45) is 0. The van der Waals surface area contributed by atoms with Crippen molar-refractivity contribution in [1.82, 2.24) is 9.21 Å². The van der Waals surface area contributed by atoms with Crippen molar-refractivity contribution in [3.63, 3.8) is 0 Å². The third-order valence-corrected chi connectivity index (χ3v) is 5.51. The molecule has 5 nitrogen and oxygen atoms in total. The number of carbonyl (C=O) groups excluding carboxylic acids is 1. The molecule has 0 aromatic heterocycles. The second kappa shape index (κ2) is 6.36. The van der Waals surface area contributed by atoms with Gasteiger partial charge in [-0.05, 0) is 18.2 Å². The highest BCUT2D eigenvalue weighted by Crippen LogP contribution is 2.23. The van der Waals surface area contributed by atoms with Gasteiger partial charge in [-0.2, -0.15) is 4.31 Å². The lowest BCUT2D eigenvalue weighted by atomic mass is 10.2. The standard InChI is InChI=1S/C13H14Cl2N2O3S/c1-2-21(19,20)17-7-5-16(6-8-17)13(18)10-3-4-11(14)12(15)9-10/h2-4,9H,1,5-8H2. The average Bonchev–Trinajstić information content (AvgIpc) is 2.49. The van der Waals surface area contributed by atoms with E-state index in [9.17, 15) is 13.2 Å². The Morgan fingerprint density at radius 3 is 2.29 bits per heavy atom. The molecule has 0 N–H and O–H groups in total. The number of benzene rings is 1. The van der Waals surface area contributed by atoms with Gasteiger partial charge in [0.05, 0.1) is 10.0 Å². The van der Waals surface area contributed by atoms with Crippen LogP contribution in [0.5, 0.6) is 0 Å². The minimum absolute atomic E-state index is 0.191. The molecule has 1 aliphatic heterocycles. The molecule has 2 rings (SSSR count). The minimum atomic E-state index is -3.43. The summed E-state index contributed by atoms with van der Waals surface area (Å²) in [6.45, 7) is 4.44. The number of hydrogen-bond acceptors (Lipinski definition) is 3. The number of nitrogens with zero attached hydrogens (tertiary/aromatic N) is 2. The molecule has 1 heterocycles. The fraction of sp³-hybridized carbons (Fsp3) is 0.308. The molecule has 1 fully saturated rings. The number of piperazine rings is 1. The smallest absolute Gasteiger partial charge is 0.253 e. The molecule has 1 aliphatic rings. The van der Waals surface area contributed by atoms with Crippen molar-refractivity contribution < 1.29 is 13.2 Å². The lowest BCUT2D eigenvalue weighted by molar-refractivity contribution is 0.0698. The van der Waals surface area contributed by atoms with Gasteiger partial charge in [0.15, 0.2) is 0 Å². The van der Waals surface area contributed by atoms with E-state index in [0.717, 1.165) is 5.41 Å². The van der Waals surface area contributed by atoms with Crippen LogP contribution in [0.3, 0.4) is 0 Å². The zero-order chi connectivity index (χ0) is 15.6. The topological polar surface area (TPSA) is 57.7 Å². The summed E-state index contributed by atoms with van der Waals surface area (Å²) in [4.78, 5) is 13.9. The van der Waals surface area contributed by atoms with Crippen molar-refractivity contribution in [1.29, 1.82) is 0 Å². The predicted molar refractivity (Wildman–Crippen MR) is 83.1 cm³/mol. The van der Waals surface area contributed by atoms with Crippen molar-refractivity contribution >= 4 is 39.1 Å². The third-order valence-electron chi connectivity index (χ3n) is 3.26. The van der Waals surface area contributed by atoms with Gasteiger partial charge in [-0.15, -0.1) is 0 Å². The van der Waals surface area contributed by atoms with Crippen LogP contribution in [0.25, 0.3) is 0 Å². The van der Waals surface area contributed by atoms with Crippen LogP contribution in [-0.4, -0.2) is 49.7 Å². The molecule has 0 bridgehead atoms. The van der Waals surface area contributed by atoms with E-state index in [2.05, 4.69) is 6.58 Å². The summed E-state index contributed by atoms with van der Waals surface area (Å²) in [7, 11) is -3.43. The zero-order valence-electron chi connectivity index (χ0n) is 11.1. The van der Waals surface area contributed by atoms with Crippen molar-refractivity contribution in [3.8, 4) is 0 Å². The van der Waals surface area contributed by atoms with Gasteiger partial charge < -0.3 is 4.90 Å². The van der Waals surface area contributed by atoms with Crippen molar-refractivity contribution in [2.75, 3.05) is 26.2 Å². The Hall–Kier alpha value is -1.08. The third kappa shape index (κ3) is 3.58. The normalized spacial score (nSPS) is 16.8. The quantitative estimate of drug-likeness (QED) is 0.841. The van der Waals surface area contributed by atoms with Gasteiger partial charge in [0.25, 0.3) is 5.91 Å². The average molecular weight is 349 g/mol. The second-order valence-corrected chi connectivity index (χ2v) is 7.23. The maximum absolute atomic E-state index is 12.3. The number of hydrogen-bond donors (Lipinski definition) is 0. The summed E-state index contributed by atoms with van der Waals surface area (Å²) in [5, 5.41) is 1.62. The molecule has 0 unspecified atom stereocenters. The van der Waals surface area contributed by atoms with Gasteiger partial charge in [0, 0.05) is 37.2 Å². The monoisotopic (exact) mass is 348 g/mol. The number of amides is 1. The van der Waals surface area contributed by atoms with Gasteiger partial charge in [0.1, 0.15) is 0 Å². The number of sulfonamides is 1. The van der Waals surface area contributed by atoms with Crippen molar-refractivity contribution in [2.24, 2.45) is 0 Å². The molecule has 0 radical (unpaired) electrons. The predicted octanol–water partition coefficient (Wildman–Crippen LogP) is 2.22. The summed E-state index contributed by atoms with van der Waals surface area (Å²) >= 11 is 11.7. The molecule has 8 heteroatoms. The molecule has 0 spiro atoms. The Labute approximate surface area is 133 Å². The fourth-order valence-electron chi connectivity index (χ4n) is 2.06. The van der Waals surface area contributed by atoms with Crippen LogP contribution >= 0.6 is 23.2 Å². The van der Waals surface area contributed by atoms with Crippen LogP contribution in [0.2, 0.25) is 10.0 Å². The van der Waals surface area contributed by atoms with Gasteiger partial charge >= 0.3 is 0 Å². The molecule has 0 atom stereocenters. The summed E-state index contributed by atoms with van der Waals surface area (Å²) in [5.41, 5.74) is 0.435. The van der Waals surface area contributed by atoms with Crippen LogP contribution in [0.1, 0.15) is 10.4 Å². The summed E-state index contributed by atoms with van der Waals surface area (Å²) in [6, 6.07) is 4.68. The lowest BCUT2D eigenvalue weighted by Gasteiger charge is -2.33. The van der Waals surface area contributed by atoms with Crippen LogP contribution in [0.15, 0.2) is 30.2 Å². The molecule has 1 amide bonds. The number of halogens is 2. The van der Waals surface area contributed by atoms with E-state index in [0.29, 0.717) is 28.7 Å². The molecule has 1 aromatic carbocycles. The highest BCUT2D eigenvalue weighted by atomic mass is 35.5. The largest absolute Gasteiger partial charge is 0.336 e. The summed E-state index contributed by atoms with van der Waals surface area (Å²) < 4.78 is 24.6. The fourth-order valence-corrected chi connectivity index (χ4v) is 3.24.